The van der Waals surface area contributed by atoms with Gasteiger partial charge in [0.2, 0.25) is 11.8 Å². The minimum Gasteiger partial charge on any atom is -0.374 e. The first-order valence-electron chi connectivity index (χ1n) is 11.9. The van der Waals surface area contributed by atoms with Crippen LogP contribution in [0.25, 0.3) is 0 Å². The third-order valence-corrected chi connectivity index (χ3v) is 7.02. The highest BCUT2D eigenvalue weighted by Crippen LogP contribution is 2.49. The number of aryl methyl sites for hydroxylation is 1. The maximum Gasteiger partial charge on any atom is 0.435 e. The van der Waals surface area contributed by atoms with Gasteiger partial charge < -0.3 is 9.74 Å². The second-order valence-electron chi connectivity index (χ2n) is 9.27. The lowest BCUT2D eigenvalue weighted by atomic mass is 9.86. The summed E-state index contributed by atoms with van der Waals surface area (Å²) in [4.78, 5) is 45.4. The molecule has 2 aromatic rings. The number of benzene rings is 2. The molecule has 7 nitrogen and oxygen atoms in total. The molecule has 1 fully saturated rings. The van der Waals surface area contributed by atoms with Crippen LogP contribution in [-0.4, -0.2) is 59.0 Å². The van der Waals surface area contributed by atoms with Crippen molar-refractivity contribution < 1.29 is 32.4 Å². The summed E-state index contributed by atoms with van der Waals surface area (Å²) in [6.07, 6.45) is -3.98. The Labute approximate surface area is 227 Å². The number of unbranched alkanes of at least 4 members (excludes halogenated alkanes) is 1. The van der Waals surface area contributed by atoms with E-state index in [0.29, 0.717) is 24.1 Å². The lowest BCUT2D eigenvalue weighted by Gasteiger charge is -2.33. The topological polar surface area (TPSA) is 79.3 Å². The molecule has 0 bridgehead atoms. The van der Waals surface area contributed by atoms with E-state index >= 15 is 0 Å². The molecule has 2 aliphatic heterocycles. The number of oxime groups is 1. The van der Waals surface area contributed by atoms with Crippen LogP contribution in [0.1, 0.15) is 53.2 Å². The first kappa shape index (κ1) is 27.9. The van der Waals surface area contributed by atoms with Gasteiger partial charge in [0, 0.05) is 34.1 Å². The zero-order valence-corrected chi connectivity index (χ0v) is 22.1. The zero-order chi connectivity index (χ0) is 27.8. The van der Waals surface area contributed by atoms with Crippen LogP contribution in [0.3, 0.4) is 0 Å². The molecule has 202 valence electrons. The molecule has 0 spiro atoms. The van der Waals surface area contributed by atoms with E-state index in [0.717, 1.165) is 18.6 Å². The van der Waals surface area contributed by atoms with Crippen molar-refractivity contribution in [2.75, 3.05) is 19.6 Å². The number of piperazine rings is 1. The Kier molecular flexibility index (Phi) is 7.76. The van der Waals surface area contributed by atoms with Crippen LogP contribution in [0.2, 0.25) is 10.0 Å². The molecule has 1 saturated heterocycles. The quantitative estimate of drug-likeness (QED) is 0.430. The molecule has 3 amide bonds. The minimum atomic E-state index is -4.84. The second kappa shape index (κ2) is 10.6. The van der Waals surface area contributed by atoms with Crippen LogP contribution in [0.4, 0.5) is 13.2 Å². The Morgan fingerprint density at radius 1 is 1.08 bits per heavy atom. The maximum absolute atomic E-state index is 14.3. The molecule has 1 atom stereocenters. The van der Waals surface area contributed by atoms with Crippen molar-refractivity contribution in [3.8, 4) is 0 Å². The molecule has 12 heteroatoms. The number of amides is 3. The van der Waals surface area contributed by atoms with Crippen molar-refractivity contribution in [1.29, 1.82) is 0 Å². The van der Waals surface area contributed by atoms with Crippen LogP contribution in [0, 0.1) is 6.92 Å². The fourth-order valence-electron chi connectivity index (χ4n) is 4.50. The summed E-state index contributed by atoms with van der Waals surface area (Å²) in [6.45, 7) is 3.41. The molecule has 1 unspecified atom stereocenters. The van der Waals surface area contributed by atoms with E-state index < -0.39 is 35.9 Å². The molecular formula is C26H24Cl2F3N3O4. The SMILES string of the molecule is CCCCN1C(=O)CN(C(=O)c2ccc(C3=NOC(c4cc(Cl)cc(Cl)c4)(C(F)(F)F)C3)cc2C)CC1=O. The van der Waals surface area contributed by atoms with Gasteiger partial charge in [-0.25, -0.2) is 0 Å². The average molecular weight is 570 g/mol. The third kappa shape index (κ3) is 5.24. The molecule has 0 aliphatic carbocycles. The predicted molar refractivity (Wildman–Crippen MR) is 135 cm³/mol. The molecule has 38 heavy (non-hydrogen) atoms. The molecule has 2 aromatic carbocycles. The van der Waals surface area contributed by atoms with Crippen LogP contribution in [-0.2, 0) is 20.0 Å². The summed E-state index contributed by atoms with van der Waals surface area (Å²) in [5.74, 6) is -1.41. The average Bonchev–Trinajstić information content (AvgIpc) is 3.30. The molecule has 2 aliphatic rings. The van der Waals surface area contributed by atoms with Crippen molar-refractivity contribution in [3.63, 3.8) is 0 Å². The van der Waals surface area contributed by atoms with Gasteiger partial charge in [-0.2, -0.15) is 13.2 Å². The highest BCUT2D eigenvalue weighted by atomic mass is 35.5. The first-order valence-corrected chi connectivity index (χ1v) is 12.6. The number of rotatable bonds is 6. The largest absolute Gasteiger partial charge is 0.435 e. The van der Waals surface area contributed by atoms with Crippen molar-refractivity contribution in [2.45, 2.75) is 44.9 Å². The highest BCUT2D eigenvalue weighted by molar-refractivity contribution is 6.34. The number of carbonyl (C=O) groups is 3. The molecular weight excluding hydrogens is 546 g/mol. The number of hydrogen-bond donors (Lipinski definition) is 0. The molecule has 0 N–H and O–H groups in total. The van der Waals surface area contributed by atoms with Crippen molar-refractivity contribution in [2.24, 2.45) is 5.16 Å². The predicted octanol–water partition coefficient (Wildman–Crippen LogP) is 5.50. The summed E-state index contributed by atoms with van der Waals surface area (Å²) < 4.78 is 42.8. The zero-order valence-electron chi connectivity index (χ0n) is 20.6. The van der Waals surface area contributed by atoms with E-state index in [4.69, 9.17) is 28.0 Å². The number of imide groups is 1. The summed E-state index contributed by atoms with van der Waals surface area (Å²) >= 11 is 11.9. The van der Waals surface area contributed by atoms with Crippen molar-refractivity contribution in [3.05, 3.63) is 68.7 Å². The molecule has 4 rings (SSSR count). The number of alkyl halides is 3. The van der Waals surface area contributed by atoms with Gasteiger partial charge in [0.05, 0.1) is 5.71 Å². The number of nitrogens with zero attached hydrogens (tertiary/aromatic N) is 3. The maximum atomic E-state index is 14.3. The third-order valence-electron chi connectivity index (χ3n) is 6.58. The lowest BCUT2D eigenvalue weighted by molar-refractivity contribution is -0.275. The van der Waals surface area contributed by atoms with Gasteiger partial charge in [0.15, 0.2) is 0 Å². The van der Waals surface area contributed by atoms with E-state index in [9.17, 15) is 27.6 Å². The Balaban J connectivity index is 1.55. The van der Waals surface area contributed by atoms with E-state index in [1.54, 1.807) is 6.92 Å². The summed E-state index contributed by atoms with van der Waals surface area (Å²) in [7, 11) is 0. The second-order valence-corrected chi connectivity index (χ2v) is 10.1. The summed E-state index contributed by atoms with van der Waals surface area (Å²) in [6, 6.07) is 8.01. The van der Waals surface area contributed by atoms with Gasteiger partial charge >= 0.3 is 6.18 Å². The molecule has 2 heterocycles. The lowest BCUT2D eigenvalue weighted by Crippen LogP contribution is -2.55. The Morgan fingerprint density at radius 3 is 2.26 bits per heavy atom. The van der Waals surface area contributed by atoms with Gasteiger partial charge in [0.25, 0.3) is 11.5 Å². The molecule has 0 aromatic heterocycles. The monoisotopic (exact) mass is 569 g/mol. The Morgan fingerprint density at radius 2 is 1.71 bits per heavy atom. The fourth-order valence-corrected chi connectivity index (χ4v) is 5.03. The van der Waals surface area contributed by atoms with Gasteiger partial charge in [-0.3, -0.25) is 19.3 Å². The highest BCUT2D eigenvalue weighted by Gasteiger charge is 2.62. The molecule has 0 saturated carbocycles. The van der Waals surface area contributed by atoms with E-state index in [1.165, 1.54) is 34.1 Å². The van der Waals surface area contributed by atoms with Crippen LogP contribution in [0.5, 0.6) is 0 Å². The van der Waals surface area contributed by atoms with Gasteiger partial charge in [-0.15, -0.1) is 0 Å². The van der Waals surface area contributed by atoms with Crippen LogP contribution < -0.4 is 0 Å². The van der Waals surface area contributed by atoms with Gasteiger partial charge in [0.1, 0.15) is 13.1 Å². The smallest absolute Gasteiger partial charge is 0.374 e. The van der Waals surface area contributed by atoms with E-state index in [-0.39, 0.29) is 40.0 Å². The van der Waals surface area contributed by atoms with Gasteiger partial charge in [-0.05, 0) is 54.8 Å². The van der Waals surface area contributed by atoms with Crippen molar-refractivity contribution >= 4 is 46.6 Å². The fraction of sp³-hybridized carbons (Fsp3) is 0.385. The Bertz CT molecular complexity index is 1290. The molecule has 0 radical (unpaired) electrons. The van der Waals surface area contributed by atoms with E-state index in [1.807, 2.05) is 6.92 Å². The normalized spacial score (nSPS) is 20.0. The van der Waals surface area contributed by atoms with E-state index in [2.05, 4.69) is 5.16 Å². The van der Waals surface area contributed by atoms with Crippen molar-refractivity contribution in [1.82, 2.24) is 9.80 Å². The number of halogens is 5. The van der Waals surface area contributed by atoms with Gasteiger partial charge in [-0.1, -0.05) is 47.8 Å². The first-order chi connectivity index (χ1) is 17.9. The number of carbonyl (C=O) groups excluding carboxylic acids is 3. The summed E-state index contributed by atoms with van der Waals surface area (Å²) in [5, 5.41) is 3.79. The number of hydrogen-bond acceptors (Lipinski definition) is 5. The standard InChI is InChI=1S/C26H24Cl2F3N3O4/c1-3-4-7-34-22(35)13-33(14-23(34)36)24(37)20-6-5-16(8-15(20)2)21-12-25(38-32-21,26(29,30)31)17-9-18(27)11-19(28)10-17/h5-6,8-11H,3-4,7,12-14H2,1-2H3. The Hall–Kier alpha value is -3.11. The van der Waals surface area contributed by atoms with Crippen LogP contribution >= 0.6 is 23.2 Å². The van der Waals surface area contributed by atoms with Crippen LogP contribution in [0.15, 0.2) is 41.6 Å². The summed E-state index contributed by atoms with van der Waals surface area (Å²) in [5.41, 5.74) is -2.04. The minimum absolute atomic E-state index is 0.0232.